The zero-order valence-electron chi connectivity index (χ0n) is 8.95. The minimum Gasteiger partial charge on any atom is -0.364 e. The van der Waals surface area contributed by atoms with Crippen LogP contribution in [0.5, 0.6) is 0 Å². The average molecular weight is 211 g/mol. The monoisotopic (exact) mass is 211 g/mol. The summed E-state index contributed by atoms with van der Waals surface area (Å²) < 4.78 is 4.78. The Morgan fingerprint density at radius 3 is 3.07 bits per heavy atom. The van der Waals surface area contributed by atoms with Crippen LogP contribution in [0.4, 0.5) is 0 Å². The Labute approximate surface area is 89.0 Å². The fraction of sp³-hybridized carbons (Fsp3) is 0.600. The molecule has 0 bridgehead atoms. The fourth-order valence-electron chi connectivity index (χ4n) is 1.22. The highest BCUT2D eigenvalue weighted by Crippen LogP contribution is 2.07. The van der Waals surface area contributed by atoms with Crippen molar-refractivity contribution in [2.45, 2.75) is 26.2 Å². The molecular formula is C10H17N3O2. The molecule has 1 aromatic heterocycles. The van der Waals surface area contributed by atoms with E-state index in [1.165, 1.54) is 0 Å². The van der Waals surface area contributed by atoms with Gasteiger partial charge in [0.15, 0.2) is 0 Å². The molecule has 0 fully saturated rings. The van der Waals surface area contributed by atoms with Crippen molar-refractivity contribution in [2.24, 2.45) is 5.73 Å². The van der Waals surface area contributed by atoms with Crippen LogP contribution in [0, 0.1) is 6.92 Å². The second-order valence-corrected chi connectivity index (χ2v) is 3.42. The van der Waals surface area contributed by atoms with E-state index in [1.807, 2.05) is 6.92 Å². The van der Waals surface area contributed by atoms with E-state index < -0.39 is 0 Å². The van der Waals surface area contributed by atoms with Crippen LogP contribution in [-0.2, 0) is 11.2 Å². The van der Waals surface area contributed by atoms with E-state index in [0.717, 1.165) is 17.7 Å². The Balaban J connectivity index is 2.20. The molecule has 0 aliphatic rings. The number of carbonyl (C=O) groups excluding carboxylic acids is 1. The maximum absolute atomic E-state index is 11.3. The highest BCUT2D eigenvalue weighted by Gasteiger charge is 2.06. The van der Waals surface area contributed by atoms with Crippen LogP contribution >= 0.6 is 0 Å². The summed E-state index contributed by atoms with van der Waals surface area (Å²) in [6.07, 6.45) is 3.54. The first-order chi connectivity index (χ1) is 7.24. The number of nitrogens with zero attached hydrogens (tertiary/aromatic N) is 1. The second kappa shape index (κ2) is 6.19. The molecule has 1 rings (SSSR count). The molecule has 1 amide bonds. The van der Waals surface area contributed by atoms with Gasteiger partial charge in [0.2, 0.25) is 5.91 Å². The summed E-state index contributed by atoms with van der Waals surface area (Å²) in [5.41, 5.74) is 7.16. The van der Waals surface area contributed by atoms with Gasteiger partial charge in [0, 0.05) is 18.5 Å². The molecule has 84 valence electrons. The van der Waals surface area contributed by atoms with Crippen molar-refractivity contribution in [1.29, 1.82) is 0 Å². The SMILES string of the molecule is Cc1nocc1CCC(=O)NCCCN. The minimum absolute atomic E-state index is 0.0454. The van der Waals surface area contributed by atoms with Gasteiger partial charge in [-0.05, 0) is 26.3 Å². The molecule has 0 unspecified atom stereocenters. The number of aryl methyl sites for hydroxylation is 2. The van der Waals surface area contributed by atoms with Gasteiger partial charge in [0.05, 0.1) is 5.69 Å². The first-order valence-corrected chi connectivity index (χ1v) is 5.10. The van der Waals surface area contributed by atoms with Crippen LogP contribution in [-0.4, -0.2) is 24.2 Å². The van der Waals surface area contributed by atoms with Gasteiger partial charge < -0.3 is 15.6 Å². The molecule has 1 heterocycles. The number of nitrogens with one attached hydrogen (secondary N) is 1. The molecule has 0 saturated heterocycles. The van der Waals surface area contributed by atoms with Gasteiger partial charge in [0.1, 0.15) is 6.26 Å². The van der Waals surface area contributed by atoms with E-state index >= 15 is 0 Å². The number of carbonyl (C=O) groups is 1. The standard InChI is InChI=1S/C10H17N3O2/c1-8-9(7-15-13-8)3-4-10(14)12-6-2-5-11/h7H,2-6,11H2,1H3,(H,12,14). The maximum Gasteiger partial charge on any atom is 0.220 e. The zero-order valence-corrected chi connectivity index (χ0v) is 8.95. The zero-order chi connectivity index (χ0) is 11.1. The summed E-state index contributed by atoms with van der Waals surface area (Å²) in [5.74, 6) is 0.0454. The van der Waals surface area contributed by atoms with Crippen molar-refractivity contribution < 1.29 is 9.32 Å². The van der Waals surface area contributed by atoms with Gasteiger partial charge in [-0.1, -0.05) is 5.16 Å². The van der Waals surface area contributed by atoms with Crippen molar-refractivity contribution in [1.82, 2.24) is 10.5 Å². The molecule has 5 heteroatoms. The Kier molecular flexibility index (Phi) is 4.83. The predicted octanol–water partition coefficient (Wildman–Crippen LogP) is 0.381. The number of amides is 1. The molecule has 0 aliphatic carbocycles. The highest BCUT2D eigenvalue weighted by atomic mass is 16.5. The predicted molar refractivity (Wildman–Crippen MR) is 56.2 cm³/mol. The molecule has 5 nitrogen and oxygen atoms in total. The third kappa shape index (κ3) is 4.12. The highest BCUT2D eigenvalue weighted by molar-refractivity contribution is 5.76. The van der Waals surface area contributed by atoms with E-state index in [-0.39, 0.29) is 5.91 Å². The molecular weight excluding hydrogens is 194 g/mol. The Morgan fingerprint density at radius 2 is 2.47 bits per heavy atom. The van der Waals surface area contributed by atoms with Crippen LogP contribution in [0.25, 0.3) is 0 Å². The van der Waals surface area contributed by atoms with E-state index in [0.29, 0.717) is 25.9 Å². The summed E-state index contributed by atoms with van der Waals surface area (Å²) in [6.45, 7) is 3.12. The van der Waals surface area contributed by atoms with Crippen molar-refractivity contribution in [3.05, 3.63) is 17.5 Å². The molecule has 0 spiro atoms. The Hall–Kier alpha value is -1.36. The van der Waals surface area contributed by atoms with Crippen LogP contribution in [0.1, 0.15) is 24.1 Å². The lowest BCUT2D eigenvalue weighted by Gasteiger charge is -2.02. The van der Waals surface area contributed by atoms with Crippen molar-refractivity contribution >= 4 is 5.91 Å². The number of rotatable bonds is 6. The first kappa shape index (κ1) is 11.7. The fourth-order valence-corrected chi connectivity index (χ4v) is 1.22. The van der Waals surface area contributed by atoms with Gasteiger partial charge in [-0.25, -0.2) is 0 Å². The summed E-state index contributed by atoms with van der Waals surface area (Å²) in [7, 11) is 0. The topological polar surface area (TPSA) is 81.2 Å². The lowest BCUT2D eigenvalue weighted by Crippen LogP contribution is -2.26. The molecule has 0 aromatic carbocycles. The van der Waals surface area contributed by atoms with Gasteiger partial charge in [0.25, 0.3) is 0 Å². The smallest absolute Gasteiger partial charge is 0.220 e. The molecule has 1 aromatic rings. The summed E-state index contributed by atoms with van der Waals surface area (Å²) >= 11 is 0. The lowest BCUT2D eigenvalue weighted by atomic mass is 10.1. The molecule has 0 aliphatic heterocycles. The Bertz CT molecular complexity index is 309. The van der Waals surface area contributed by atoms with Gasteiger partial charge in [-0.2, -0.15) is 0 Å². The average Bonchev–Trinajstić information content (AvgIpc) is 2.61. The third-order valence-electron chi connectivity index (χ3n) is 2.17. The lowest BCUT2D eigenvalue weighted by molar-refractivity contribution is -0.121. The van der Waals surface area contributed by atoms with E-state index in [4.69, 9.17) is 10.3 Å². The quantitative estimate of drug-likeness (QED) is 0.666. The van der Waals surface area contributed by atoms with Crippen molar-refractivity contribution in [2.75, 3.05) is 13.1 Å². The summed E-state index contributed by atoms with van der Waals surface area (Å²) in [4.78, 5) is 11.3. The van der Waals surface area contributed by atoms with Gasteiger partial charge in [-0.3, -0.25) is 4.79 Å². The normalized spacial score (nSPS) is 10.3. The van der Waals surface area contributed by atoms with Crippen LogP contribution in [0.2, 0.25) is 0 Å². The Morgan fingerprint density at radius 1 is 1.67 bits per heavy atom. The molecule has 3 N–H and O–H groups in total. The van der Waals surface area contributed by atoms with Crippen LogP contribution < -0.4 is 11.1 Å². The molecule has 15 heavy (non-hydrogen) atoms. The number of nitrogens with two attached hydrogens (primary N) is 1. The number of hydrogen-bond donors (Lipinski definition) is 2. The summed E-state index contributed by atoms with van der Waals surface area (Å²) in [6, 6.07) is 0. The third-order valence-corrected chi connectivity index (χ3v) is 2.17. The minimum atomic E-state index is 0.0454. The van der Waals surface area contributed by atoms with Crippen molar-refractivity contribution in [3.8, 4) is 0 Å². The van der Waals surface area contributed by atoms with E-state index in [9.17, 15) is 4.79 Å². The van der Waals surface area contributed by atoms with Gasteiger partial charge in [-0.15, -0.1) is 0 Å². The van der Waals surface area contributed by atoms with E-state index in [1.54, 1.807) is 6.26 Å². The largest absolute Gasteiger partial charge is 0.364 e. The van der Waals surface area contributed by atoms with Crippen LogP contribution in [0.15, 0.2) is 10.8 Å². The summed E-state index contributed by atoms with van der Waals surface area (Å²) in [5, 5.41) is 6.54. The second-order valence-electron chi connectivity index (χ2n) is 3.42. The molecule has 0 saturated carbocycles. The van der Waals surface area contributed by atoms with Gasteiger partial charge >= 0.3 is 0 Å². The maximum atomic E-state index is 11.3. The van der Waals surface area contributed by atoms with E-state index in [2.05, 4.69) is 10.5 Å². The molecule has 0 radical (unpaired) electrons. The first-order valence-electron chi connectivity index (χ1n) is 5.10. The molecule has 0 atom stereocenters. The van der Waals surface area contributed by atoms with Crippen molar-refractivity contribution in [3.63, 3.8) is 0 Å². The number of aromatic nitrogens is 1. The number of hydrogen-bond acceptors (Lipinski definition) is 4. The van der Waals surface area contributed by atoms with Crippen LogP contribution in [0.3, 0.4) is 0 Å².